The summed E-state index contributed by atoms with van der Waals surface area (Å²) in [5.41, 5.74) is 6.66. The Hall–Kier alpha value is -0.640. The van der Waals surface area contributed by atoms with Crippen LogP contribution in [0, 0.1) is 0 Å². The second kappa shape index (κ2) is 4.56. The van der Waals surface area contributed by atoms with E-state index in [0.29, 0.717) is 0 Å². The van der Waals surface area contributed by atoms with Crippen LogP contribution in [0.15, 0.2) is 41.4 Å². The molecule has 2 atom stereocenters. The molecule has 3 N–H and O–H groups in total. The van der Waals surface area contributed by atoms with Gasteiger partial charge in [-0.15, -0.1) is 6.58 Å². The van der Waals surface area contributed by atoms with Gasteiger partial charge >= 0.3 is 0 Å². The molecule has 0 spiro atoms. The maximum atomic E-state index is 9.39. The van der Waals surface area contributed by atoms with Gasteiger partial charge in [0, 0.05) is 4.47 Å². The van der Waals surface area contributed by atoms with Crippen molar-refractivity contribution in [3.63, 3.8) is 0 Å². The predicted octanol–water partition coefficient (Wildman–Crippen LogP) is 2.00. The van der Waals surface area contributed by atoms with Crippen LogP contribution in [0.3, 0.4) is 0 Å². The first kappa shape index (κ1) is 10.4. The van der Waals surface area contributed by atoms with Crippen LogP contribution in [0.4, 0.5) is 0 Å². The van der Waals surface area contributed by atoms with Crippen LogP contribution < -0.4 is 5.73 Å². The molecular formula is C10H12BrNO. The Balaban J connectivity index is 2.82. The van der Waals surface area contributed by atoms with Gasteiger partial charge in [-0.05, 0) is 17.7 Å². The molecule has 0 radical (unpaired) electrons. The van der Waals surface area contributed by atoms with Crippen molar-refractivity contribution in [2.75, 3.05) is 0 Å². The van der Waals surface area contributed by atoms with E-state index in [2.05, 4.69) is 22.5 Å². The highest BCUT2D eigenvalue weighted by Crippen LogP contribution is 2.17. The number of aliphatic hydroxyl groups excluding tert-OH is 1. The van der Waals surface area contributed by atoms with E-state index in [4.69, 9.17) is 5.73 Å². The molecule has 2 unspecified atom stereocenters. The minimum absolute atomic E-state index is 0.398. The van der Waals surface area contributed by atoms with Gasteiger partial charge in [0.2, 0.25) is 0 Å². The average Bonchev–Trinajstić information content (AvgIpc) is 2.17. The molecule has 0 saturated carbocycles. The smallest absolute Gasteiger partial charge is 0.0910 e. The Morgan fingerprint density at radius 2 is 1.92 bits per heavy atom. The molecule has 1 aromatic carbocycles. The van der Waals surface area contributed by atoms with E-state index < -0.39 is 12.1 Å². The molecule has 2 nitrogen and oxygen atoms in total. The van der Waals surface area contributed by atoms with Crippen molar-refractivity contribution >= 4 is 15.9 Å². The normalized spacial score (nSPS) is 15.0. The number of hydrogen-bond acceptors (Lipinski definition) is 2. The van der Waals surface area contributed by atoms with Crippen molar-refractivity contribution in [3.8, 4) is 0 Å². The van der Waals surface area contributed by atoms with E-state index in [9.17, 15) is 5.11 Å². The van der Waals surface area contributed by atoms with Crippen LogP contribution in [0.25, 0.3) is 0 Å². The fourth-order valence-electron chi connectivity index (χ4n) is 1.03. The summed E-state index contributed by atoms with van der Waals surface area (Å²) in [6, 6.07) is 7.14. The van der Waals surface area contributed by atoms with Gasteiger partial charge in [0.05, 0.1) is 12.1 Å². The summed E-state index contributed by atoms with van der Waals surface area (Å²) < 4.78 is 0.997. The van der Waals surface area contributed by atoms with Gasteiger partial charge in [-0.1, -0.05) is 34.1 Å². The molecule has 0 saturated heterocycles. The average molecular weight is 242 g/mol. The van der Waals surface area contributed by atoms with Crippen LogP contribution in [0.2, 0.25) is 0 Å². The fraction of sp³-hybridized carbons (Fsp3) is 0.200. The maximum absolute atomic E-state index is 9.39. The summed E-state index contributed by atoms with van der Waals surface area (Å²) >= 11 is 3.33. The Labute approximate surface area is 86.2 Å². The second-order valence-corrected chi connectivity index (χ2v) is 3.72. The SMILES string of the molecule is C=CC(O)C(N)c1ccc(Br)cc1. The summed E-state index contributed by atoms with van der Waals surface area (Å²) in [5, 5.41) is 9.39. The maximum Gasteiger partial charge on any atom is 0.0910 e. The number of benzene rings is 1. The van der Waals surface area contributed by atoms with Crippen molar-refractivity contribution in [2.24, 2.45) is 5.73 Å². The van der Waals surface area contributed by atoms with E-state index in [-0.39, 0.29) is 0 Å². The van der Waals surface area contributed by atoms with E-state index in [1.165, 1.54) is 6.08 Å². The van der Waals surface area contributed by atoms with Crippen molar-refractivity contribution < 1.29 is 5.11 Å². The van der Waals surface area contributed by atoms with Crippen LogP contribution in [-0.2, 0) is 0 Å². The van der Waals surface area contributed by atoms with Gasteiger partial charge in [-0.3, -0.25) is 0 Å². The first-order valence-electron chi connectivity index (χ1n) is 3.97. The molecule has 13 heavy (non-hydrogen) atoms. The second-order valence-electron chi connectivity index (χ2n) is 2.80. The van der Waals surface area contributed by atoms with Gasteiger partial charge in [0.25, 0.3) is 0 Å². The Morgan fingerprint density at radius 1 is 1.38 bits per heavy atom. The van der Waals surface area contributed by atoms with E-state index in [1.807, 2.05) is 24.3 Å². The number of aliphatic hydroxyl groups is 1. The number of rotatable bonds is 3. The molecule has 0 heterocycles. The number of hydrogen-bond donors (Lipinski definition) is 2. The quantitative estimate of drug-likeness (QED) is 0.796. The molecule has 0 aliphatic rings. The van der Waals surface area contributed by atoms with E-state index in [0.717, 1.165) is 10.0 Å². The highest BCUT2D eigenvalue weighted by Gasteiger charge is 2.12. The summed E-state index contributed by atoms with van der Waals surface area (Å²) in [5.74, 6) is 0. The molecule has 1 rings (SSSR count). The highest BCUT2D eigenvalue weighted by molar-refractivity contribution is 9.10. The molecule has 0 fully saturated rings. The monoisotopic (exact) mass is 241 g/mol. The zero-order chi connectivity index (χ0) is 9.84. The Bertz CT molecular complexity index is 283. The first-order chi connectivity index (χ1) is 6.15. The Morgan fingerprint density at radius 3 is 2.38 bits per heavy atom. The molecule has 0 bridgehead atoms. The lowest BCUT2D eigenvalue weighted by Crippen LogP contribution is -2.23. The van der Waals surface area contributed by atoms with Gasteiger partial charge in [0.15, 0.2) is 0 Å². The minimum Gasteiger partial charge on any atom is -0.387 e. The summed E-state index contributed by atoms with van der Waals surface area (Å²) in [7, 11) is 0. The van der Waals surface area contributed by atoms with Crippen LogP contribution in [-0.4, -0.2) is 11.2 Å². The van der Waals surface area contributed by atoms with Gasteiger partial charge in [0.1, 0.15) is 0 Å². The van der Waals surface area contributed by atoms with Gasteiger partial charge in [-0.2, -0.15) is 0 Å². The van der Waals surface area contributed by atoms with Crippen LogP contribution >= 0.6 is 15.9 Å². The topological polar surface area (TPSA) is 46.2 Å². The van der Waals surface area contributed by atoms with Crippen molar-refractivity contribution in [1.82, 2.24) is 0 Å². The van der Waals surface area contributed by atoms with Crippen molar-refractivity contribution in [3.05, 3.63) is 47.0 Å². The number of halogens is 1. The summed E-state index contributed by atoms with van der Waals surface area (Å²) in [6.45, 7) is 3.49. The third-order valence-corrected chi connectivity index (χ3v) is 2.39. The van der Waals surface area contributed by atoms with Crippen molar-refractivity contribution in [1.29, 1.82) is 0 Å². The predicted molar refractivity (Wildman–Crippen MR) is 57.3 cm³/mol. The zero-order valence-corrected chi connectivity index (χ0v) is 8.74. The van der Waals surface area contributed by atoms with Crippen molar-refractivity contribution in [2.45, 2.75) is 12.1 Å². The highest BCUT2D eigenvalue weighted by atomic mass is 79.9. The third-order valence-electron chi connectivity index (χ3n) is 1.86. The molecule has 0 amide bonds. The number of nitrogens with two attached hydrogens (primary N) is 1. The van der Waals surface area contributed by atoms with Gasteiger partial charge in [-0.25, -0.2) is 0 Å². The van der Waals surface area contributed by atoms with E-state index >= 15 is 0 Å². The van der Waals surface area contributed by atoms with Crippen LogP contribution in [0.5, 0.6) is 0 Å². The Kier molecular flexibility index (Phi) is 3.66. The third kappa shape index (κ3) is 2.66. The molecule has 0 aromatic heterocycles. The largest absolute Gasteiger partial charge is 0.387 e. The molecule has 0 aliphatic heterocycles. The lowest BCUT2D eigenvalue weighted by atomic mass is 10.0. The zero-order valence-electron chi connectivity index (χ0n) is 7.15. The molecular weight excluding hydrogens is 230 g/mol. The summed E-state index contributed by atoms with van der Waals surface area (Å²) in [4.78, 5) is 0. The minimum atomic E-state index is -0.693. The van der Waals surface area contributed by atoms with E-state index in [1.54, 1.807) is 0 Å². The lowest BCUT2D eigenvalue weighted by molar-refractivity contribution is 0.192. The molecule has 70 valence electrons. The molecule has 3 heteroatoms. The van der Waals surface area contributed by atoms with Crippen LogP contribution in [0.1, 0.15) is 11.6 Å². The lowest BCUT2D eigenvalue weighted by Gasteiger charge is -2.15. The molecule has 0 aliphatic carbocycles. The summed E-state index contributed by atoms with van der Waals surface area (Å²) in [6.07, 6.45) is 0.744. The standard InChI is InChI=1S/C10H12BrNO/c1-2-9(13)10(12)7-3-5-8(11)6-4-7/h2-6,9-10,13H,1,12H2. The van der Waals surface area contributed by atoms with Gasteiger partial charge < -0.3 is 10.8 Å². The first-order valence-corrected chi connectivity index (χ1v) is 4.76. The fourth-order valence-corrected chi connectivity index (χ4v) is 1.29. The molecule has 1 aromatic rings.